The zero-order valence-electron chi connectivity index (χ0n) is 15.3. The van der Waals surface area contributed by atoms with E-state index in [1.165, 1.54) is 12.1 Å². The number of hydrogen-bond donors (Lipinski definition) is 1. The number of carbonyl (C=O) groups is 1. The third kappa shape index (κ3) is 3.87. The maximum Gasteiger partial charge on any atom is 0.257 e. The van der Waals surface area contributed by atoms with Crippen LogP contribution in [0.1, 0.15) is 21.6 Å². The van der Waals surface area contributed by atoms with E-state index in [2.05, 4.69) is 25.0 Å². The molecule has 7 nitrogen and oxygen atoms in total. The molecule has 4 aromatic rings. The summed E-state index contributed by atoms with van der Waals surface area (Å²) in [5.74, 6) is -0.275. The van der Waals surface area contributed by atoms with Crippen LogP contribution in [0, 0.1) is 19.7 Å². The molecule has 4 rings (SSSR count). The Morgan fingerprint density at radius 1 is 1.17 bits per heavy atom. The van der Waals surface area contributed by atoms with Crippen LogP contribution in [-0.4, -0.2) is 30.3 Å². The summed E-state index contributed by atoms with van der Waals surface area (Å²) in [5.41, 5.74) is 3.09. The zero-order valence-corrected chi connectivity index (χ0v) is 16.9. The summed E-state index contributed by atoms with van der Waals surface area (Å²) < 4.78 is 19.3. The molecule has 0 saturated carbocycles. The number of anilines is 1. The first kappa shape index (κ1) is 19.2. The number of halogens is 2. The smallest absolute Gasteiger partial charge is 0.257 e. The molecule has 0 bridgehead atoms. The van der Waals surface area contributed by atoms with E-state index in [4.69, 9.17) is 11.6 Å². The van der Waals surface area contributed by atoms with Crippen LogP contribution in [-0.2, 0) is 0 Å². The van der Waals surface area contributed by atoms with Gasteiger partial charge in [0.25, 0.3) is 5.91 Å². The van der Waals surface area contributed by atoms with E-state index in [1.807, 2.05) is 6.92 Å². The average Bonchev–Trinajstić information content (AvgIpc) is 3.29. The molecule has 1 N–H and O–H groups in total. The number of nitrogens with zero attached hydrogens (tertiary/aromatic N) is 5. The van der Waals surface area contributed by atoms with E-state index in [9.17, 15) is 9.18 Å². The Bertz CT molecular complexity index is 1200. The Kier molecular flexibility index (Phi) is 5.08. The minimum atomic E-state index is -0.313. The quantitative estimate of drug-likeness (QED) is 0.519. The van der Waals surface area contributed by atoms with Crippen molar-refractivity contribution < 1.29 is 9.18 Å². The second kappa shape index (κ2) is 7.69. The molecule has 0 saturated heterocycles. The SMILES string of the molecule is Cc1cc(F)ccc1-n1nnc(-c2nsc(NC(=O)c3ccc(Cl)cc3)n2)c1C. The molecule has 0 aliphatic carbocycles. The first-order chi connectivity index (χ1) is 13.9. The standard InChI is InChI=1S/C19H14ClFN6OS/c1-10-9-14(21)7-8-15(10)27-11(2)16(24-26-27)17-22-19(29-25-17)23-18(28)12-3-5-13(20)6-4-12/h3-9H,1-2H3,(H,22,23,25,28). The van der Waals surface area contributed by atoms with Gasteiger partial charge < -0.3 is 0 Å². The van der Waals surface area contributed by atoms with Crippen LogP contribution in [0.4, 0.5) is 9.52 Å². The normalized spacial score (nSPS) is 10.9. The number of amides is 1. The highest BCUT2D eigenvalue weighted by Crippen LogP contribution is 2.25. The monoisotopic (exact) mass is 428 g/mol. The molecule has 0 fully saturated rings. The van der Waals surface area contributed by atoms with Crippen LogP contribution in [0.2, 0.25) is 5.02 Å². The van der Waals surface area contributed by atoms with Gasteiger partial charge >= 0.3 is 0 Å². The lowest BCUT2D eigenvalue weighted by Crippen LogP contribution is -2.11. The molecule has 0 radical (unpaired) electrons. The summed E-state index contributed by atoms with van der Waals surface area (Å²) in [4.78, 5) is 16.7. The van der Waals surface area contributed by atoms with E-state index >= 15 is 0 Å². The molecule has 2 aromatic heterocycles. The number of aryl methyl sites for hydroxylation is 1. The number of rotatable bonds is 4. The highest BCUT2D eigenvalue weighted by atomic mass is 35.5. The third-order valence-corrected chi connectivity index (χ3v) is 5.13. The molecule has 146 valence electrons. The molecule has 0 atom stereocenters. The van der Waals surface area contributed by atoms with Gasteiger partial charge in [-0.1, -0.05) is 16.8 Å². The van der Waals surface area contributed by atoms with Gasteiger partial charge in [-0.05, 0) is 61.9 Å². The van der Waals surface area contributed by atoms with Gasteiger partial charge in [0.2, 0.25) is 5.13 Å². The Labute approximate surface area is 174 Å². The van der Waals surface area contributed by atoms with Gasteiger partial charge in [-0.15, -0.1) is 5.10 Å². The molecule has 0 aliphatic heterocycles. The van der Waals surface area contributed by atoms with Crippen molar-refractivity contribution in [3.05, 3.63) is 70.1 Å². The number of hydrogen-bond acceptors (Lipinski definition) is 6. The Balaban J connectivity index is 1.58. The predicted octanol–water partition coefficient (Wildman–Crippen LogP) is 4.45. The summed E-state index contributed by atoms with van der Waals surface area (Å²) in [6, 6.07) is 11.0. The van der Waals surface area contributed by atoms with Gasteiger partial charge in [0.15, 0.2) is 11.5 Å². The van der Waals surface area contributed by atoms with Gasteiger partial charge in [0.1, 0.15) is 5.82 Å². The van der Waals surface area contributed by atoms with Crippen molar-refractivity contribution >= 4 is 34.2 Å². The molecule has 2 heterocycles. The van der Waals surface area contributed by atoms with Gasteiger partial charge in [0.05, 0.1) is 11.4 Å². The highest BCUT2D eigenvalue weighted by Gasteiger charge is 2.18. The minimum Gasteiger partial charge on any atom is -0.297 e. The molecule has 29 heavy (non-hydrogen) atoms. The van der Waals surface area contributed by atoms with E-state index in [1.54, 1.807) is 41.9 Å². The molecule has 0 aliphatic rings. The summed E-state index contributed by atoms with van der Waals surface area (Å²) in [6.45, 7) is 3.62. The van der Waals surface area contributed by atoms with Crippen LogP contribution in [0.15, 0.2) is 42.5 Å². The first-order valence-electron chi connectivity index (χ1n) is 8.52. The van der Waals surface area contributed by atoms with Crippen molar-refractivity contribution in [3.8, 4) is 17.2 Å². The highest BCUT2D eigenvalue weighted by molar-refractivity contribution is 7.10. The molecule has 10 heteroatoms. The summed E-state index contributed by atoms with van der Waals surface area (Å²) in [6.07, 6.45) is 0. The summed E-state index contributed by atoms with van der Waals surface area (Å²) in [7, 11) is 0. The van der Waals surface area contributed by atoms with Gasteiger partial charge in [-0.2, -0.15) is 9.36 Å². The fraction of sp³-hybridized carbons (Fsp3) is 0.105. The Hall–Kier alpha value is -3.17. The lowest BCUT2D eigenvalue weighted by molar-refractivity contribution is 0.102. The van der Waals surface area contributed by atoms with Crippen LogP contribution >= 0.6 is 23.1 Å². The minimum absolute atomic E-state index is 0.313. The van der Waals surface area contributed by atoms with Crippen LogP contribution in [0.3, 0.4) is 0 Å². The van der Waals surface area contributed by atoms with Crippen molar-refractivity contribution in [2.24, 2.45) is 0 Å². The van der Waals surface area contributed by atoms with Gasteiger partial charge in [-0.25, -0.2) is 9.07 Å². The van der Waals surface area contributed by atoms with Crippen molar-refractivity contribution in [1.29, 1.82) is 0 Å². The fourth-order valence-electron chi connectivity index (χ4n) is 2.76. The van der Waals surface area contributed by atoms with E-state index in [0.29, 0.717) is 38.6 Å². The zero-order chi connectivity index (χ0) is 20.5. The van der Waals surface area contributed by atoms with Gasteiger partial charge in [-0.3, -0.25) is 10.1 Å². The molecule has 0 unspecified atom stereocenters. The molecule has 0 spiro atoms. The predicted molar refractivity (Wildman–Crippen MR) is 109 cm³/mol. The maximum atomic E-state index is 13.4. The second-order valence-electron chi connectivity index (χ2n) is 6.25. The maximum absolute atomic E-state index is 13.4. The third-order valence-electron chi connectivity index (χ3n) is 4.25. The van der Waals surface area contributed by atoms with Crippen molar-refractivity contribution in [2.75, 3.05) is 5.32 Å². The van der Waals surface area contributed by atoms with Crippen molar-refractivity contribution in [3.63, 3.8) is 0 Å². The number of benzene rings is 2. The second-order valence-corrected chi connectivity index (χ2v) is 7.44. The molecule has 2 aromatic carbocycles. The Morgan fingerprint density at radius 2 is 1.93 bits per heavy atom. The summed E-state index contributed by atoms with van der Waals surface area (Å²) in [5, 5.41) is 11.9. The fourth-order valence-corrected chi connectivity index (χ4v) is 3.45. The molecular formula is C19H14ClFN6OS. The van der Waals surface area contributed by atoms with E-state index < -0.39 is 0 Å². The van der Waals surface area contributed by atoms with Crippen LogP contribution < -0.4 is 5.32 Å². The lowest BCUT2D eigenvalue weighted by Gasteiger charge is -2.06. The van der Waals surface area contributed by atoms with Crippen LogP contribution in [0.25, 0.3) is 17.2 Å². The largest absolute Gasteiger partial charge is 0.297 e. The summed E-state index contributed by atoms with van der Waals surface area (Å²) >= 11 is 6.88. The Morgan fingerprint density at radius 3 is 2.66 bits per heavy atom. The topological polar surface area (TPSA) is 85.6 Å². The lowest BCUT2D eigenvalue weighted by atomic mass is 10.2. The number of nitrogens with one attached hydrogen (secondary N) is 1. The van der Waals surface area contributed by atoms with Crippen molar-refractivity contribution in [2.45, 2.75) is 13.8 Å². The number of aromatic nitrogens is 5. The van der Waals surface area contributed by atoms with Crippen LogP contribution in [0.5, 0.6) is 0 Å². The van der Waals surface area contributed by atoms with E-state index in [0.717, 1.165) is 17.1 Å². The average molecular weight is 429 g/mol. The first-order valence-corrected chi connectivity index (χ1v) is 9.67. The number of carbonyl (C=O) groups excluding carboxylic acids is 1. The molecule has 1 amide bonds. The van der Waals surface area contributed by atoms with Crippen molar-refractivity contribution in [1.82, 2.24) is 24.4 Å². The van der Waals surface area contributed by atoms with Gasteiger partial charge in [0, 0.05) is 22.1 Å². The van der Waals surface area contributed by atoms with E-state index in [-0.39, 0.29) is 11.7 Å². The molecular weight excluding hydrogens is 415 g/mol.